The summed E-state index contributed by atoms with van der Waals surface area (Å²) in [6.45, 7) is 3.10. The summed E-state index contributed by atoms with van der Waals surface area (Å²) in [6.07, 6.45) is 3.54. The zero-order valence-corrected chi connectivity index (χ0v) is 23.8. The highest BCUT2D eigenvalue weighted by atomic mass is 32.2. The molecule has 0 unspecified atom stereocenters. The van der Waals surface area contributed by atoms with E-state index in [1.54, 1.807) is 38.5 Å². The second-order valence-corrected chi connectivity index (χ2v) is 11.8. The summed E-state index contributed by atoms with van der Waals surface area (Å²) in [7, 11) is -0.345. The molecule has 0 spiro atoms. The number of rotatable bonds is 10. The van der Waals surface area contributed by atoms with Crippen molar-refractivity contribution in [1.29, 1.82) is 0 Å². The van der Waals surface area contributed by atoms with Crippen LogP contribution in [0.3, 0.4) is 0 Å². The van der Waals surface area contributed by atoms with Crippen LogP contribution in [0.5, 0.6) is 11.5 Å². The summed E-state index contributed by atoms with van der Waals surface area (Å²) in [5, 5.41) is 6.36. The molecule has 2 aliphatic heterocycles. The molecule has 2 aliphatic rings. The van der Waals surface area contributed by atoms with Gasteiger partial charge in [0, 0.05) is 30.4 Å². The molecular weight excluding hydrogens is 528 g/mol. The fourth-order valence-electron chi connectivity index (χ4n) is 5.21. The van der Waals surface area contributed by atoms with E-state index in [0.717, 1.165) is 31.5 Å². The molecule has 210 valence electrons. The summed E-state index contributed by atoms with van der Waals surface area (Å²) < 4.78 is 37.6. The Balaban J connectivity index is 1.49. The summed E-state index contributed by atoms with van der Waals surface area (Å²) in [4.78, 5) is 15.6. The molecule has 3 aromatic carbocycles. The molecule has 2 N–H and O–H groups in total. The van der Waals surface area contributed by atoms with Gasteiger partial charge in [0.1, 0.15) is 0 Å². The van der Waals surface area contributed by atoms with Crippen molar-refractivity contribution in [3.05, 3.63) is 77.9 Å². The normalized spacial score (nSPS) is 16.3. The first-order chi connectivity index (χ1) is 19.3. The molecule has 1 amide bonds. The van der Waals surface area contributed by atoms with Crippen molar-refractivity contribution in [2.24, 2.45) is 0 Å². The van der Waals surface area contributed by atoms with Crippen molar-refractivity contribution < 1.29 is 22.7 Å². The van der Waals surface area contributed by atoms with Gasteiger partial charge in [-0.25, -0.2) is 8.42 Å². The Hall–Kier alpha value is -4.02. The number of methoxy groups -OCH3 is 2. The number of ether oxygens (including phenoxy) is 2. The minimum absolute atomic E-state index is 0.251. The van der Waals surface area contributed by atoms with Crippen LogP contribution in [0.2, 0.25) is 0 Å². The first-order valence-electron chi connectivity index (χ1n) is 13.2. The van der Waals surface area contributed by atoms with E-state index in [1.165, 1.54) is 10.6 Å². The first-order valence-corrected chi connectivity index (χ1v) is 15.1. The van der Waals surface area contributed by atoms with Gasteiger partial charge in [0.2, 0.25) is 10.0 Å². The maximum atomic E-state index is 13.3. The fraction of sp³-hybridized carbons (Fsp3) is 0.300. The SMILES string of the molecule is COc1cc2c(cc1OC)/C(=C(/Nc1ccc(N(CCN3CCCC3)S(C)(=O)=O)cc1)c1ccccc1)C(=O)N2. The van der Waals surface area contributed by atoms with E-state index in [4.69, 9.17) is 9.47 Å². The van der Waals surface area contributed by atoms with Gasteiger partial charge in [0.25, 0.3) is 5.91 Å². The van der Waals surface area contributed by atoms with Gasteiger partial charge in [-0.2, -0.15) is 0 Å². The number of anilines is 3. The van der Waals surface area contributed by atoms with Crippen molar-refractivity contribution in [2.45, 2.75) is 12.8 Å². The first kappa shape index (κ1) is 27.5. The van der Waals surface area contributed by atoms with Crippen LogP contribution in [0, 0.1) is 0 Å². The molecule has 0 radical (unpaired) electrons. The predicted octanol–water partition coefficient (Wildman–Crippen LogP) is 4.50. The van der Waals surface area contributed by atoms with Gasteiger partial charge in [-0.15, -0.1) is 0 Å². The Labute approximate surface area is 235 Å². The molecule has 0 atom stereocenters. The number of nitrogens with zero attached hydrogens (tertiary/aromatic N) is 2. The molecule has 1 saturated heterocycles. The standard InChI is InChI=1S/C30H34N4O5S/c1-38-26-19-24-25(20-27(26)39-2)32-30(35)28(24)29(21-9-5-4-6-10-21)31-22-11-13-23(14-12-22)34(40(3,36)37)18-17-33-15-7-8-16-33/h4-6,9-14,19-20,31H,7-8,15-18H2,1-3H3,(H,32,35)/b29-28-. The van der Waals surface area contributed by atoms with E-state index in [9.17, 15) is 13.2 Å². The zero-order chi connectivity index (χ0) is 28.3. The Bertz CT molecular complexity index is 1520. The predicted molar refractivity (Wildman–Crippen MR) is 159 cm³/mol. The van der Waals surface area contributed by atoms with E-state index in [2.05, 4.69) is 15.5 Å². The Morgan fingerprint density at radius 2 is 1.62 bits per heavy atom. The molecule has 10 heteroatoms. The summed E-state index contributed by atoms with van der Waals surface area (Å²) >= 11 is 0. The second kappa shape index (κ2) is 11.6. The smallest absolute Gasteiger partial charge is 0.258 e. The van der Waals surface area contributed by atoms with Crippen molar-refractivity contribution in [3.63, 3.8) is 0 Å². The minimum atomic E-state index is -3.45. The van der Waals surface area contributed by atoms with E-state index in [1.807, 2.05) is 42.5 Å². The van der Waals surface area contributed by atoms with Crippen molar-refractivity contribution in [2.75, 3.05) is 61.6 Å². The Morgan fingerprint density at radius 1 is 0.975 bits per heavy atom. The van der Waals surface area contributed by atoms with E-state index >= 15 is 0 Å². The molecule has 2 heterocycles. The van der Waals surface area contributed by atoms with Gasteiger partial charge in [0.15, 0.2) is 11.5 Å². The van der Waals surface area contributed by atoms with Gasteiger partial charge in [-0.1, -0.05) is 30.3 Å². The molecule has 0 aromatic heterocycles. The molecule has 3 aromatic rings. The van der Waals surface area contributed by atoms with Crippen LogP contribution >= 0.6 is 0 Å². The maximum absolute atomic E-state index is 13.3. The van der Waals surface area contributed by atoms with Crippen LogP contribution in [0.25, 0.3) is 11.3 Å². The molecular formula is C30H34N4O5S. The number of benzene rings is 3. The fourth-order valence-corrected chi connectivity index (χ4v) is 6.13. The Morgan fingerprint density at radius 3 is 2.25 bits per heavy atom. The highest BCUT2D eigenvalue weighted by Crippen LogP contribution is 2.43. The quantitative estimate of drug-likeness (QED) is 0.351. The highest BCUT2D eigenvalue weighted by molar-refractivity contribution is 7.92. The lowest BCUT2D eigenvalue weighted by Gasteiger charge is -2.25. The van der Waals surface area contributed by atoms with Gasteiger partial charge in [0.05, 0.1) is 43.1 Å². The lowest BCUT2D eigenvalue weighted by atomic mass is 9.99. The number of sulfonamides is 1. The number of fused-ring (bicyclic) bond motifs is 1. The third-order valence-electron chi connectivity index (χ3n) is 7.22. The highest BCUT2D eigenvalue weighted by Gasteiger charge is 2.30. The summed E-state index contributed by atoms with van der Waals surface area (Å²) in [5.41, 5.74) is 4.54. The number of carbonyl (C=O) groups excluding carboxylic acids is 1. The third-order valence-corrected chi connectivity index (χ3v) is 8.42. The van der Waals surface area contributed by atoms with Crippen LogP contribution in [-0.4, -0.2) is 65.9 Å². The third kappa shape index (κ3) is 5.78. The van der Waals surface area contributed by atoms with Crippen LogP contribution in [-0.2, 0) is 14.8 Å². The minimum Gasteiger partial charge on any atom is -0.493 e. The van der Waals surface area contributed by atoms with Crippen molar-refractivity contribution in [3.8, 4) is 11.5 Å². The molecule has 5 rings (SSSR count). The molecule has 40 heavy (non-hydrogen) atoms. The van der Waals surface area contributed by atoms with Gasteiger partial charge in [-0.3, -0.25) is 9.10 Å². The number of carbonyl (C=O) groups is 1. The van der Waals surface area contributed by atoms with Crippen LogP contribution in [0.15, 0.2) is 66.7 Å². The zero-order valence-electron chi connectivity index (χ0n) is 22.9. The molecule has 9 nitrogen and oxygen atoms in total. The molecule has 1 fully saturated rings. The lowest BCUT2D eigenvalue weighted by Crippen LogP contribution is -2.37. The largest absolute Gasteiger partial charge is 0.493 e. The number of hydrogen-bond acceptors (Lipinski definition) is 7. The topological polar surface area (TPSA) is 100 Å². The van der Waals surface area contributed by atoms with Gasteiger partial charge >= 0.3 is 0 Å². The average Bonchev–Trinajstić information content (AvgIpc) is 3.58. The molecule has 0 bridgehead atoms. The van der Waals surface area contributed by atoms with Crippen LogP contribution in [0.1, 0.15) is 24.0 Å². The second-order valence-electron chi connectivity index (χ2n) is 9.88. The van der Waals surface area contributed by atoms with Crippen molar-refractivity contribution >= 4 is 44.3 Å². The lowest BCUT2D eigenvalue weighted by molar-refractivity contribution is -0.110. The summed E-state index contributed by atoms with van der Waals surface area (Å²) in [5.74, 6) is 0.785. The number of likely N-dealkylation sites (tertiary alicyclic amines) is 1. The number of amides is 1. The van der Waals surface area contributed by atoms with Crippen molar-refractivity contribution in [1.82, 2.24) is 4.90 Å². The molecule has 0 saturated carbocycles. The monoisotopic (exact) mass is 562 g/mol. The van der Waals surface area contributed by atoms with Gasteiger partial charge < -0.3 is 25.0 Å². The van der Waals surface area contributed by atoms with Crippen LogP contribution < -0.4 is 24.4 Å². The molecule has 0 aliphatic carbocycles. The summed E-state index contributed by atoms with van der Waals surface area (Å²) in [6, 6.07) is 20.4. The maximum Gasteiger partial charge on any atom is 0.258 e. The van der Waals surface area contributed by atoms with E-state index < -0.39 is 10.0 Å². The van der Waals surface area contributed by atoms with Crippen LogP contribution in [0.4, 0.5) is 17.1 Å². The van der Waals surface area contributed by atoms with E-state index in [-0.39, 0.29) is 5.91 Å². The van der Waals surface area contributed by atoms with Gasteiger partial charge in [-0.05, 0) is 61.8 Å². The number of nitrogens with one attached hydrogen (secondary N) is 2. The average molecular weight is 563 g/mol. The Kier molecular flexibility index (Phi) is 7.99. The van der Waals surface area contributed by atoms with E-state index in [0.29, 0.717) is 58.5 Å². The number of hydrogen-bond donors (Lipinski definition) is 2.